The van der Waals surface area contributed by atoms with Gasteiger partial charge in [-0.15, -0.1) is 0 Å². The molecule has 1 amide bonds. The van der Waals surface area contributed by atoms with Crippen LogP contribution in [0.1, 0.15) is 13.8 Å². The maximum Gasteiger partial charge on any atom is 0.239 e. The smallest absolute Gasteiger partial charge is 0.239 e. The molecule has 1 aromatic rings. The fraction of sp³-hybridized carbons (Fsp3) is 0.417. The number of benzene rings is 1. The second kappa shape index (κ2) is 5.91. The Balaban J connectivity index is 2.69. The minimum Gasteiger partial charge on any atom is -0.397 e. The molecule has 0 atom stereocenters. The van der Waals surface area contributed by atoms with E-state index < -0.39 is 0 Å². The highest BCUT2D eigenvalue weighted by Crippen LogP contribution is 2.25. The number of carbonyl (C=O) groups is 1. The Morgan fingerprint density at radius 3 is 2.71 bits per heavy atom. The van der Waals surface area contributed by atoms with Crippen molar-refractivity contribution in [3.05, 3.63) is 22.7 Å². The number of likely N-dealkylation sites (N-methyl/N-ethyl adjacent to an activating group) is 1. The van der Waals surface area contributed by atoms with Crippen LogP contribution in [0.25, 0.3) is 0 Å². The molecule has 3 N–H and O–H groups in total. The second-order valence-electron chi connectivity index (χ2n) is 4.28. The Morgan fingerprint density at radius 2 is 2.18 bits per heavy atom. The first-order valence-electron chi connectivity index (χ1n) is 5.45. The zero-order chi connectivity index (χ0) is 13.0. The van der Waals surface area contributed by atoms with Crippen LogP contribution in [0.3, 0.4) is 0 Å². The third-order valence-electron chi connectivity index (χ3n) is 2.23. The maximum absolute atomic E-state index is 11.6. The summed E-state index contributed by atoms with van der Waals surface area (Å²) < 4.78 is 0.929. The van der Waals surface area contributed by atoms with Crippen molar-refractivity contribution in [1.82, 2.24) is 5.32 Å². The Kier molecular flexibility index (Phi) is 4.81. The molecule has 0 unspecified atom stereocenters. The molecule has 0 saturated heterocycles. The highest BCUT2D eigenvalue weighted by molar-refractivity contribution is 9.10. The van der Waals surface area contributed by atoms with Gasteiger partial charge in [-0.1, -0.05) is 15.9 Å². The fourth-order valence-electron chi connectivity index (χ4n) is 1.54. The van der Waals surface area contributed by atoms with E-state index in [1.807, 2.05) is 44.0 Å². The summed E-state index contributed by atoms with van der Waals surface area (Å²) in [7, 11) is 1.85. The number of nitrogens with zero attached hydrogens (tertiary/aromatic N) is 1. The lowest BCUT2D eigenvalue weighted by molar-refractivity contribution is -0.120. The van der Waals surface area contributed by atoms with Crippen LogP contribution in [-0.2, 0) is 4.79 Å². The summed E-state index contributed by atoms with van der Waals surface area (Å²) >= 11 is 3.35. The average molecular weight is 300 g/mol. The highest BCUT2D eigenvalue weighted by atomic mass is 79.9. The molecule has 1 aromatic carbocycles. The molecular weight excluding hydrogens is 282 g/mol. The maximum atomic E-state index is 11.6. The van der Waals surface area contributed by atoms with Gasteiger partial charge in [-0.25, -0.2) is 0 Å². The molecule has 17 heavy (non-hydrogen) atoms. The van der Waals surface area contributed by atoms with Gasteiger partial charge in [-0.3, -0.25) is 4.79 Å². The normalized spacial score (nSPS) is 10.4. The molecular formula is C12H18BrN3O. The lowest BCUT2D eigenvalue weighted by atomic mass is 10.2. The minimum absolute atomic E-state index is 0.00943. The van der Waals surface area contributed by atoms with Gasteiger partial charge in [-0.2, -0.15) is 0 Å². The van der Waals surface area contributed by atoms with E-state index in [0.717, 1.165) is 10.2 Å². The molecule has 0 heterocycles. The summed E-state index contributed by atoms with van der Waals surface area (Å²) in [6.45, 7) is 4.17. The molecule has 1 rings (SSSR count). The van der Waals surface area contributed by atoms with Crippen molar-refractivity contribution in [2.24, 2.45) is 0 Å². The number of nitrogens with one attached hydrogen (secondary N) is 1. The first kappa shape index (κ1) is 13.8. The van der Waals surface area contributed by atoms with E-state index in [1.165, 1.54) is 0 Å². The molecule has 0 aliphatic heterocycles. The van der Waals surface area contributed by atoms with E-state index in [1.54, 1.807) is 0 Å². The van der Waals surface area contributed by atoms with Crippen molar-refractivity contribution in [2.75, 3.05) is 24.2 Å². The van der Waals surface area contributed by atoms with E-state index in [4.69, 9.17) is 5.73 Å². The van der Waals surface area contributed by atoms with Crippen molar-refractivity contribution >= 4 is 33.2 Å². The number of carbonyl (C=O) groups excluding carboxylic acids is 1. The van der Waals surface area contributed by atoms with Crippen molar-refractivity contribution in [2.45, 2.75) is 19.9 Å². The number of nitrogen functional groups attached to an aromatic ring is 1. The van der Waals surface area contributed by atoms with Gasteiger partial charge in [-0.05, 0) is 32.0 Å². The fourth-order valence-corrected chi connectivity index (χ4v) is 1.92. The molecule has 0 fully saturated rings. The largest absolute Gasteiger partial charge is 0.397 e. The Hall–Kier alpha value is -1.23. The molecule has 0 aromatic heterocycles. The van der Waals surface area contributed by atoms with Gasteiger partial charge >= 0.3 is 0 Å². The minimum atomic E-state index is -0.00943. The predicted molar refractivity (Wildman–Crippen MR) is 75.1 cm³/mol. The van der Waals surface area contributed by atoms with E-state index in [0.29, 0.717) is 12.2 Å². The first-order valence-corrected chi connectivity index (χ1v) is 6.25. The summed E-state index contributed by atoms with van der Waals surface area (Å²) in [5.74, 6) is -0.00943. The highest BCUT2D eigenvalue weighted by Gasteiger charge is 2.10. The summed E-state index contributed by atoms with van der Waals surface area (Å²) in [4.78, 5) is 13.4. The number of halogens is 1. The average Bonchev–Trinajstić information content (AvgIpc) is 2.15. The van der Waals surface area contributed by atoms with Gasteiger partial charge in [0.05, 0.1) is 17.9 Å². The van der Waals surface area contributed by atoms with Crippen molar-refractivity contribution in [1.29, 1.82) is 0 Å². The molecule has 4 nitrogen and oxygen atoms in total. The summed E-state index contributed by atoms with van der Waals surface area (Å²) in [5.41, 5.74) is 7.40. The third-order valence-corrected chi connectivity index (χ3v) is 2.72. The zero-order valence-electron chi connectivity index (χ0n) is 10.3. The molecule has 5 heteroatoms. The number of nitrogens with two attached hydrogens (primary N) is 1. The van der Waals surface area contributed by atoms with Gasteiger partial charge < -0.3 is 16.0 Å². The van der Waals surface area contributed by atoms with Crippen LogP contribution in [0, 0.1) is 0 Å². The van der Waals surface area contributed by atoms with Crippen molar-refractivity contribution in [3.63, 3.8) is 0 Å². The van der Waals surface area contributed by atoms with Crippen LogP contribution < -0.4 is 16.0 Å². The summed E-state index contributed by atoms with van der Waals surface area (Å²) in [5, 5.41) is 2.84. The molecule has 0 aliphatic rings. The zero-order valence-corrected chi connectivity index (χ0v) is 11.9. The van der Waals surface area contributed by atoms with Crippen LogP contribution in [0.2, 0.25) is 0 Å². The van der Waals surface area contributed by atoms with E-state index in [9.17, 15) is 4.79 Å². The number of hydrogen-bond acceptors (Lipinski definition) is 3. The van der Waals surface area contributed by atoms with Crippen LogP contribution >= 0.6 is 15.9 Å². The molecule has 0 saturated carbocycles. The standard InChI is InChI=1S/C12H18BrN3O/c1-8(2)15-12(17)7-16(3)11-5-4-9(13)6-10(11)14/h4-6,8H,7,14H2,1-3H3,(H,15,17). The lowest BCUT2D eigenvalue weighted by Crippen LogP contribution is -2.38. The Morgan fingerprint density at radius 1 is 1.53 bits per heavy atom. The van der Waals surface area contributed by atoms with E-state index in [2.05, 4.69) is 21.2 Å². The van der Waals surface area contributed by atoms with Gasteiger partial charge in [0.1, 0.15) is 0 Å². The van der Waals surface area contributed by atoms with Crippen LogP contribution in [0.4, 0.5) is 11.4 Å². The molecule has 0 aliphatic carbocycles. The van der Waals surface area contributed by atoms with Crippen LogP contribution in [0.15, 0.2) is 22.7 Å². The number of amides is 1. The van der Waals surface area contributed by atoms with E-state index in [-0.39, 0.29) is 11.9 Å². The number of hydrogen-bond donors (Lipinski definition) is 2. The summed E-state index contributed by atoms with van der Waals surface area (Å²) in [6.07, 6.45) is 0. The lowest BCUT2D eigenvalue weighted by Gasteiger charge is -2.21. The van der Waals surface area contributed by atoms with Crippen molar-refractivity contribution in [3.8, 4) is 0 Å². The Bertz CT molecular complexity index is 407. The van der Waals surface area contributed by atoms with Crippen LogP contribution in [-0.4, -0.2) is 25.5 Å². The van der Waals surface area contributed by atoms with Crippen molar-refractivity contribution < 1.29 is 4.79 Å². The molecule has 0 radical (unpaired) electrons. The number of anilines is 2. The number of rotatable bonds is 4. The molecule has 94 valence electrons. The Labute approximate surface area is 110 Å². The first-order chi connectivity index (χ1) is 7.90. The monoisotopic (exact) mass is 299 g/mol. The van der Waals surface area contributed by atoms with Gasteiger partial charge in [0.2, 0.25) is 5.91 Å². The summed E-state index contributed by atoms with van der Waals surface area (Å²) in [6, 6.07) is 5.77. The quantitative estimate of drug-likeness (QED) is 0.836. The third kappa shape index (κ3) is 4.26. The molecule has 0 spiro atoms. The van der Waals surface area contributed by atoms with Gasteiger partial charge in [0, 0.05) is 17.6 Å². The SMILES string of the molecule is CC(C)NC(=O)CN(C)c1ccc(Br)cc1N. The van der Waals surface area contributed by atoms with Gasteiger partial charge in [0.25, 0.3) is 0 Å². The topological polar surface area (TPSA) is 58.4 Å². The van der Waals surface area contributed by atoms with Crippen LogP contribution in [0.5, 0.6) is 0 Å². The second-order valence-corrected chi connectivity index (χ2v) is 5.20. The molecule has 0 bridgehead atoms. The van der Waals surface area contributed by atoms with E-state index >= 15 is 0 Å². The predicted octanol–water partition coefficient (Wildman–Crippen LogP) is 1.99. The van der Waals surface area contributed by atoms with Gasteiger partial charge in [0.15, 0.2) is 0 Å².